The van der Waals surface area contributed by atoms with Crippen LogP contribution in [0.25, 0.3) is 0 Å². The van der Waals surface area contributed by atoms with Gasteiger partial charge in [-0.25, -0.2) is 9.59 Å². The first kappa shape index (κ1) is 18.6. The van der Waals surface area contributed by atoms with E-state index in [1.807, 2.05) is 37.3 Å². The number of ether oxygens (including phenoxy) is 1. The van der Waals surface area contributed by atoms with Crippen LogP contribution in [0.5, 0.6) is 0 Å². The van der Waals surface area contributed by atoms with Crippen molar-refractivity contribution >= 4 is 18.0 Å². The second-order valence-electron chi connectivity index (χ2n) is 5.62. The van der Waals surface area contributed by atoms with Gasteiger partial charge in [-0.2, -0.15) is 0 Å². The van der Waals surface area contributed by atoms with E-state index in [-0.39, 0.29) is 25.1 Å². The van der Waals surface area contributed by atoms with Gasteiger partial charge in [0.2, 0.25) is 5.91 Å². The Morgan fingerprint density at radius 1 is 1.00 bits per heavy atom. The van der Waals surface area contributed by atoms with Crippen LogP contribution in [0.2, 0.25) is 0 Å². The van der Waals surface area contributed by atoms with Crippen molar-refractivity contribution in [3.05, 3.63) is 35.9 Å². The van der Waals surface area contributed by atoms with Gasteiger partial charge in [0.05, 0.1) is 0 Å². The Hall–Kier alpha value is -2.77. The highest BCUT2D eigenvalue weighted by atomic mass is 16.5. The summed E-state index contributed by atoms with van der Waals surface area (Å²) in [5, 5.41) is 5.20. The van der Waals surface area contributed by atoms with E-state index in [0.29, 0.717) is 32.7 Å². The highest BCUT2D eigenvalue weighted by Gasteiger charge is 2.23. The van der Waals surface area contributed by atoms with Crippen LogP contribution in [0.1, 0.15) is 12.5 Å². The zero-order chi connectivity index (χ0) is 18.1. The molecule has 1 aliphatic rings. The van der Waals surface area contributed by atoms with Crippen LogP contribution < -0.4 is 10.6 Å². The maximum absolute atomic E-state index is 12.1. The van der Waals surface area contributed by atoms with Crippen LogP contribution in [0.4, 0.5) is 9.59 Å². The largest absolute Gasteiger partial charge is 0.445 e. The molecule has 0 spiro atoms. The lowest BCUT2D eigenvalue weighted by Gasteiger charge is -2.34. The molecule has 136 valence electrons. The maximum atomic E-state index is 12.1. The molecule has 2 rings (SSSR count). The number of nitrogens with one attached hydrogen (secondary N) is 2. The molecule has 8 nitrogen and oxygen atoms in total. The first-order valence-corrected chi connectivity index (χ1v) is 8.35. The molecule has 0 unspecified atom stereocenters. The Bertz CT molecular complexity index is 586. The summed E-state index contributed by atoms with van der Waals surface area (Å²) >= 11 is 0. The molecule has 0 radical (unpaired) electrons. The van der Waals surface area contributed by atoms with E-state index in [0.717, 1.165) is 5.56 Å². The Morgan fingerprint density at radius 3 is 2.28 bits per heavy atom. The third-order valence-corrected chi connectivity index (χ3v) is 3.84. The molecule has 1 aliphatic heterocycles. The van der Waals surface area contributed by atoms with Gasteiger partial charge in [-0.15, -0.1) is 0 Å². The average Bonchev–Trinajstić information content (AvgIpc) is 2.65. The SMILES string of the molecule is CCNC(=O)N1CCN(C(=O)CNC(=O)OCc2ccccc2)CC1. The second-order valence-corrected chi connectivity index (χ2v) is 5.62. The third kappa shape index (κ3) is 5.98. The van der Waals surface area contributed by atoms with Crippen molar-refractivity contribution in [3.8, 4) is 0 Å². The molecule has 1 fully saturated rings. The molecule has 1 aromatic rings. The predicted molar refractivity (Wildman–Crippen MR) is 91.9 cm³/mol. The van der Waals surface area contributed by atoms with Gasteiger partial charge in [-0.3, -0.25) is 4.79 Å². The smallest absolute Gasteiger partial charge is 0.407 e. The highest BCUT2D eigenvalue weighted by molar-refractivity contribution is 5.82. The van der Waals surface area contributed by atoms with Gasteiger partial charge in [-0.1, -0.05) is 30.3 Å². The average molecular weight is 348 g/mol. The molecule has 0 aromatic heterocycles. The Labute approximate surface area is 147 Å². The van der Waals surface area contributed by atoms with E-state index >= 15 is 0 Å². The van der Waals surface area contributed by atoms with Crippen LogP contribution >= 0.6 is 0 Å². The van der Waals surface area contributed by atoms with E-state index in [2.05, 4.69) is 10.6 Å². The normalized spacial score (nSPS) is 14.0. The third-order valence-electron chi connectivity index (χ3n) is 3.84. The number of urea groups is 1. The molecule has 0 saturated carbocycles. The first-order valence-electron chi connectivity index (χ1n) is 8.35. The number of hydrogen-bond donors (Lipinski definition) is 2. The minimum atomic E-state index is -0.627. The fourth-order valence-electron chi connectivity index (χ4n) is 2.46. The quantitative estimate of drug-likeness (QED) is 0.823. The van der Waals surface area contributed by atoms with Gasteiger partial charge in [0, 0.05) is 32.7 Å². The summed E-state index contributed by atoms with van der Waals surface area (Å²) in [4.78, 5) is 38.8. The number of carbonyl (C=O) groups is 3. The first-order chi connectivity index (χ1) is 12.1. The number of benzene rings is 1. The topological polar surface area (TPSA) is 91.0 Å². The lowest BCUT2D eigenvalue weighted by Crippen LogP contribution is -2.54. The molecule has 4 amide bonds. The number of nitrogens with zero attached hydrogens (tertiary/aromatic N) is 2. The molecule has 8 heteroatoms. The highest BCUT2D eigenvalue weighted by Crippen LogP contribution is 2.03. The summed E-state index contributed by atoms with van der Waals surface area (Å²) in [5.74, 6) is -0.188. The van der Waals surface area contributed by atoms with E-state index in [1.54, 1.807) is 9.80 Å². The second kappa shape index (κ2) is 9.51. The molecule has 1 aromatic carbocycles. The summed E-state index contributed by atoms with van der Waals surface area (Å²) in [6.45, 7) is 4.35. The zero-order valence-electron chi connectivity index (χ0n) is 14.4. The van der Waals surface area contributed by atoms with Gasteiger partial charge in [0.25, 0.3) is 0 Å². The molecule has 2 N–H and O–H groups in total. The molecule has 1 heterocycles. The number of amides is 4. The van der Waals surface area contributed by atoms with Crippen molar-refractivity contribution in [2.75, 3.05) is 39.3 Å². The minimum absolute atomic E-state index is 0.114. The van der Waals surface area contributed by atoms with Gasteiger partial charge in [0.1, 0.15) is 13.2 Å². The van der Waals surface area contributed by atoms with E-state index in [4.69, 9.17) is 4.74 Å². The van der Waals surface area contributed by atoms with Crippen molar-refractivity contribution < 1.29 is 19.1 Å². The maximum Gasteiger partial charge on any atom is 0.407 e. The Kier molecular flexibility index (Phi) is 7.06. The summed E-state index contributed by atoms with van der Waals surface area (Å²) in [7, 11) is 0. The molecule has 1 saturated heterocycles. The standard InChI is InChI=1S/C17H24N4O4/c1-2-18-16(23)21-10-8-20(9-11-21)15(22)12-19-17(24)25-13-14-6-4-3-5-7-14/h3-7H,2,8-13H2,1H3,(H,18,23)(H,19,24). The summed E-state index contributed by atoms with van der Waals surface area (Å²) in [5.41, 5.74) is 0.880. The summed E-state index contributed by atoms with van der Waals surface area (Å²) < 4.78 is 5.06. The monoisotopic (exact) mass is 348 g/mol. The fraction of sp³-hybridized carbons (Fsp3) is 0.471. The number of carbonyl (C=O) groups excluding carboxylic acids is 3. The number of alkyl carbamates (subject to hydrolysis) is 1. The number of hydrogen-bond acceptors (Lipinski definition) is 4. The Balaban J connectivity index is 1.65. The molecule has 25 heavy (non-hydrogen) atoms. The van der Waals surface area contributed by atoms with Crippen molar-refractivity contribution in [2.45, 2.75) is 13.5 Å². The molecule has 0 aliphatic carbocycles. The van der Waals surface area contributed by atoms with Gasteiger partial charge in [0.15, 0.2) is 0 Å². The van der Waals surface area contributed by atoms with Crippen LogP contribution in [-0.2, 0) is 16.1 Å². The summed E-state index contributed by atoms with van der Waals surface area (Å²) in [6.07, 6.45) is -0.627. The van der Waals surface area contributed by atoms with Crippen LogP contribution in [0, 0.1) is 0 Å². The van der Waals surface area contributed by atoms with Crippen molar-refractivity contribution in [1.29, 1.82) is 0 Å². The van der Waals surface area contributed by atoms with Gasteiger partial charge >= 0.3 is 12.1 Å². The van der Waals surface area contributed by atoms with Crippen molar-refractivity contribution in [3.63, 3.8) is 0 Å². The molecule has 0 atom stereocenters. The number of piperazine rings is 1. The van der Waals surface area contributed by atoms with Crippen LogP contribution in [-0.4, -0.2) is 67.1 Å². The predicted octanol–water partition coefficient (Wildman–Crippen LogP) is 0.787. The fourth-order valence-corrected chi connectivity index (χ4v) is 2.46. The zero-order valence-corrected chi connectivity index (χ0v) is 14.4. The molecular formula is C17H24N4O4. The van der Waals surface area contributed by atoms with Crippen molar-refractivity contribution in [1.82, 2.24) is 20.4 Å². The lowest BCUT2D eigenvalue weighted by molar-refractivity contribution is -0.131. The van der Waals surface area contributed by atoms with E-state index in [9.17, 15) is 14.4 Å². The molecular weight excluding hydrogens is 324 g/mol. The van der Waals surface area contributed by atoms with Crippen LogP contribution in [0.15, 0.2) is 30.3 Å². The van der Waals surface area contributed by atoms with Crippen LogP contribution in [0.3, 0.4) is 0 Å². The van der Waals surface area contributed by atoms with E-state index < -0.39 is 6.09 Å². The van der Waals surface area contributed by atoms with Gasteiger partial charge in [-0.05, 0) is 12.5 Å². The number of rotatable bonds is 5. The van der Waals surface area contributed by atoms with E-state index in [1.165, 1.54) is 0 Å². The Morgan fingerprint density at radius 2 is 1.64 bits per heavy atom. The minimum Gasteiger partial charge on any atom is -0.445 e. The van der Waals surface area contributed by atoms with Gasteiger partial charge < -0.3 is 25.2 Å². The molecule has 0 bridgehead atoms. The van der Waals surface area contributed by atoms with Crippen molar-refractivity contribution in [2.24, 2.45) is 0 Å². The lowest BCUT2D eigenvalue weighted by atomic mass is 10.2. The summed E-state index contributed by atoms with van der Waals surface area (Å²) in [6, 6.07) is 9.20.